The highest BCUT2D eigenvalue weighted by Gasteiger charge is 2.60. The maximum Gasteiger partial charge on any atom is 0.217 e. The lowest BCUT2D eigenvalue weighted by Gasteiger charge is -2.52. The Morgan fingerprint density at radius 3 is 1.19 bits per heavy atom. The van der Waals surface area contributed by atoms with E-state index in [0.717, 1.165) is 20.8 Å². The van der Waals surface area contributed by atoms with Gasteiger partial charge in [-0.15, -0.1) is 0 Å². The van der Waals surface area contributed by atoms with Crippen molar-refractivity contribution in [1.82, 2.24) is 16.0 Å². The van der Waals surface area contributed by atoms with Crippen molar-refractivity contribution in [3.8, 4) is 0 Å². The number of carbonyl (C=O) groups excluding carboxylic acids is 3. The number of hydrogen-bond acceptors (Lipinski definition) is 39. The molecule has 0 bridgehead atoms. The van der Waals surface area contributed by atoms with Crippen LogP contribution in [-0.4, -0.2) is 410 Å². The van der Waals surface area contributed by atoms with Crippen molar-refractivity contribution in [2.24, 2.45) is 0 Å². The van der Waals surface area contributed by atoms with E-state index in [4.69, 9.17) is 71.1 Å². The van der Waals surface area contributed by atoms with E-state index in [-0.39, 0.29) is 0 Å². The van der Waals surface area contributed by atoms with Crippen molar-refractivity contribution in [2.45, 2.75) is 280 Å². The molecule has 8 saturated heterocycles. The minimum Gasteiger partial charge on any atom is -0.394 e. The Labute approximate surface area is 545 Å². The second kappa shape index (κ2) is 33.8. The summed E-state index contributed by atoms with van der Waals surface area (Å²) in [6.45, 7) is -0.786. The molecule has 0 saturated carbocycles. The fourth-order valence-corrected chi connectivity index (χ4v) is 12.5. The molecule has 42 nitrogen and oxygen atoms in total. The predicted molar refractivity (Wildman–Crippen MR) is 296 cm³/mol. The fourth-order valence-electron chi connectivity index (χ4n) is 12.5. The highest BCUT2D eigenvalue weighted by Crippen LogP contribution is 2.39. The van der Waals surface area contributed by atoms with Crippen LogP contribution in [0.25, 0.3) is 0 Å². The predicted octanol–water partition coefficient (Wildman–Crippen LogP) is -16.0. The first-order valence-corrected chi connectivity index (χ1v) is 30.8. The third-order valence-corrected chi connectivity index (χ3v) is 17.8. The number of aliphatic hydroxyl groups excluding tert-OH is 21. The van der Waals surface area contributed by atoms with Crippen LogP contribution in [0, 0.1) is 0 Å². The van der Waals surface area contributed by atoms with Crippen molar-refractivity contribution in [3.63, 3.8) is 0 Å². The second-order valence-corrected chi connectivity index (χ2v) is 24.6. The van der Waals surface area contributed by atoms with Gasteiger partial charge in [-0.25, -0.2) is 0 Å². The van der Waals surface area contributed by atoms with Gasteiger partial charge in [0.25, 0.3) is 0 Å². The standard InChI is InChI=1S/C54H91N3O39/c1-12-26(66)33(73)37(77)50(83-12)94-44-25(57-16(5)65)49(89-21(10-62)42(44)92-54-46(36(76)29(69)18(7-59)87-54)96-51-38(78)34(74)27(67)13(2)84-51)95-45-31(71)22(90-53(40(45)80)93-43-24(56-15(4)64)47(81)85-19(8-60)30(43)70)11-82-48-23(55-14(3)63)32(72)41(20(9-61)88-48)91-52-39(79)35(75)28(68)17(6-58)86-52/h12-13,17-54,58-62,66-81H,6-11H2,1-5H3,(H,55,63)(H,56,64)(H,57,65)/t12-,13-,17+,18+,19+,20+,21+,22+,23+,24+,25+,26+,27+,28-,29-,30-,31-,32+,33+,34+,35-,36-,37-,38-,39+,40+,41+,42+,43+,44+,45-,46+,47-,48+,49-,50-,51-,52-,53-,54-/m0/s1. The van der Waals surface area contributed by atoms with Gasteiger partial charge in [-0.1, -0.05) is 0 Å². The van der Waals surface area contributed by atoms with E-state index in [1.165, 1.54) is 13.8 Å². The molecular formula is C54H91N3O39. The lowest BCUT2D eigenvalue weighted by Crippen LogP contribution is -2.72. The first-order chi connectivity index (χ1) is 45.3. The molecule has 40 atom stereocenters. The average molecular weight is 1410 g/mol. The molecule has 8 heterocycles. The van der Waals surface area contributed by atoms with Crippen molar-refractivity contribution in [3.05, 3.63) is 0 Å². The number of nitrogens with one attached hydrogen (secondary N) is 3. The zero-order valence-corrected chi connectivity index (χ0v) is 52.1. The molecule has 0 aromatic heterocycles. The quantitative estimate of drug-likeness (QED) is 0.0452. The van der Waals surface area contributed by atoms with Crippen LogP contribution in [0.4, 0.5) is 0 Å². The van der Waals surface area contributed by atoms with E-state index >= 15 is 0 Å². The Balaban J connectivity index is 1.16. The first kappa shape index (κ1) is 78.7. The second-order valence-electron chi connectivity index (χ2n) is 24.6. The highest BCUT2D eigenvalue weighted by molar-refractivity contribution is 5.74. The van der Waals surface area contributed by atoms with Gasteiger partial charge in [-0.05, 0) is 13.8 Å². The van der Waals surface area contributed by atoms with Crippen LogP contribution in [0.2, 0.25) is 0 Å². The zero-order valence-electron chi connectivity index (χ0n) is 52.1. The average Bonchev–Trinajstić information content (AvgIpc) is 0.769. The molecule has 0 unspecified atom stereocenters. The lowest BCUT2D eigenvalue weighted by atomic mass is 9.93. The molecule has 96 heavy (non-hydrogen) atoms. The van der Waals surface area contributed by atoms with E-state index in [1.54, 1.807) is 0 Å². The van der Waals surface area contributed by atoms with Crippen LogP contribution in [0.3, 0.4) is 0 Å². The Hall–Kier alpha value is -3.03. The minimum absolute atomic E-state index is 0.848. The van der Waals surface area contributed by atoms with E-state index < -0.39 is 303 Å². The van der Waals surface area contributed by atoms with Gasteiger partial charge in [-0.3, -0.25) is 14.4 Å². The molecule has 24 N–H and O–H groups in total. The molecule has 3 amide bonds. The molecule has 8 rings (SSSR count). The molecule has 0 spiro atoms. The van der Waals surface area contributed by atoms with Crippen LogP contribution < -0.4 is 16.0 Å². The minimum atomic E-state index is -2.44. The number of rotatable bonds is 23. The Kier molecular flexibility index (Phi) is 27.7. The monoisotopic (exact) mass is 1410 g/mol. The summed E-state index contributed by atoms with van der Waals surface area (Å²) in [6.07, 6.45) is -72.8. The summed E-state index contributed by atoms with van der Waals surface area (Å²) >= 11 is 0. The molecule has 8 aliphatic rings. The van der Waals surface area contributed by atoms with Crippen molar-refractivity contribution >= 4 is 17.7 Å². The summed E-state index contributed by atoms with van der Waals surface area (Å²) in [6, 6.07) is -5.55. The lowest BCUT2D eigenvalue weighted by molar-refractivity contribution is -0.401. The van der Waals surface area contributed by atoms with E-state index in [2.05, 4.69) is 16.0 Å². The summed E-state index contributed by atoms with van der Waals surface area (Å²) in [5.41, 5.74) is 0. The van der Waals surface area contributed by atoms with E-state index in [0.29, 0.717) is 0 Å². The van der Waals surface area contributed by atoms with E-state index in [1.807, 2.05) is 0 Å². The van der Waals surface area contributed by atoms with E-state index in [9.17, 15) is 122 Å². The molecule has 0 aromatic rings. The van der Waals surface area contributed by atoms with Crippen LogP contribution in [0.15, 0.2) is 0 Å². The zero-order chi connectivity index (χ0) is 70.8. The normalized spacial score (nSPS) is 50.3. The van der Waals surface area contributed by atoms with Gasteiger partial charge in [0.15, 0.2) is 50.3 Å². The number of carbonyl (C=O) groups is 3. The van der Waals surface area contributed by atoms with Gasteiger partial charge in [0.1, 0.15) is 183 Å². The van der Waals surface area contributed by atoms with Gasteiger partial charge in [0.05, 0.1) is 51.8 Å². The number of hydrogen-bond donors (Lipinski definition) is 24. The molecule has 8 aliphatic heterocycles. The van der Waals surface area contributed by atoms with Gasteiger partial charge in [-0.2, -0.15) is 0 Å². The number of aliphatic hydroxyl groups is 21. The SMILES string of the molecule is CC(=O)N[C@@H]1[C@@H](O[C@@H]2O[C@H](CO[C@@H]3O[C@H](CO)[C@@H](O[C@@H]4O[C@H](CO)[C@H](O)[C@H](O)[C@H]4O)[C@H](O)[C@H]3NC(C)=O)[C@H](O)[C@H](O[C@@H]3O[C@H](CO)[C@@H](O[C@@H]4O[C@H](CO)[C@H](O)[C@H](O)[C@H]4O[C@@H]4O[C@@H](C)[C@@H](O)[C@@H](O)[C@@H]4O)[C@H](O[C@@H]4O[C@@H](C)[C@@H](O)[C@@H](O)[C@@H]4O)[C@H]3NC(C)=O)[C@H]2O)[C@@H](O)[C@@H](CO)O[C@@H]1O. The van der Waals surface area contributed by atoms with Crippen LogP contribution in [0.1, 0.15) is 34.6 Å². The molecule has 0 radical (unpaired) electrons. The van der Waals surface area contributed by atoms with Gasteiger partial charge >= 0.3 is 0 Å². The molecule has 0 aliphatic carbocycles. The van der Waals surface area contributed by atoms with Gasteiger partial charge < -0.3 is 194 Å². The Morgan fingerprint density at radius 1 is 0.292 bits per heavy atom. The smallest absolute Gasteiger partial charge is 0.217 e. The summed E-state index contributed by atoms with van der Waals surface area (Å²) in [5.74, 6) is -2.70. The molecule has 556 valence electrons. The van der Waals surface area contributed by atoms with Crippen LogP contribution >= 0.6 is 0 Å². The highest BCUT2D eigenvalue weighted by atomic mass is 16.8. The van der Waals surface area contributed by atoms with Gasteiger partial charge in [0, 0.05) is 20.8 Å². The maximum atomic E-state index is 13.5. The largest absolute Gasteiger partial charge is 0.394 e. The Bertz CT molecular complexity index is 2470. The number of amides is 3. The number of ether oxygens (including phenoxy) is 15. The summed E-state index contributed by atoms with van der Waals surface area (Å²) in [7, 11) is 0. The molecule has 0 aromatic carbocycles. The molecule has 8 fully saturated rings. The molecule has 42 heteroatoms. The van der Waals surface area contributed by atoms with Crippen molar-refractivity contribution in [1.29, 1.82) is 0 Å². The van der Waals surface area contributed by atoms with Crippen LogP contribution in [0.5, 0.6) is 0 Å². The topological polar surface area (TPSA) is 651 Å². The third-order valence-electron chi connectivity index (χ3n) is 17.8. The van der Waals surface area contributed by atoms with Gasteiger partial charge in [0.2, 0.25) is 17.7 Å². The first-order valence-electron chi connectivity index (χ1n) is 30.8. The molecular weight excluding hydrogens is 1310 g/mol. The maximum absolute atomic E-state index is 13.5. The summed E-state index contributed by atoms with van der Waals surface area (Å²) in [4.78, 5) is 38.8. The summed E-state index contributed by atoms with van der Waals surface area (Å²) < 4.78 is 89.2. The van der Waals surface area contributed by atoms with Crippen molar-refractivity contribution < 1.29 is 193 Å². The van der Waals surface area contributed by atoms with Crippen LogP contribution in [-0.2, 0) is 85.4 Å². The Morgan fingerprint density at radius 2 is 0.656 bits per heavy atom. The summed E-state index contributed by atoms with van der Waals surface area (Å²) in [5, 5.41) is 238. The third kappa shape index (κ3) is 17.0. The van der Waals surface area contributed by atoms with Crippen molar-refractivity contribution in [2.75, 3.05) is 39.6 Å². The fraction of sp³-hybridized carbons (Fsp3) is 0.944.